The lowest BCUT2D eigenvalue weighted by Gasteiger charge is -2.36. The minimum atomic E-state index is -0.589. The number of hydrogen-bond donors (Lipinski definition) is 1. The lowest BCUT2D eigenvalue weighted by atomic mass is 10.1. The maximum Gasteiger partial charge on any atom is 0.282 e. The van der Waals surface area contributed by atoms with E-state index >= 15 is 0 Å². The molecule has 9 heteroatoms. The van der Waals surface area contributed by atoms with E-state index in [1.54, 1.807) is 24.3 Å². The number of benzene rings is 2. The Morgan fingerprint density at radius 3 is 2.45 bits per heavy atom. The van der Waals surface area contributed by atoms with Crippen LogP contribution < -0.4 is 10.2 Å². The molecule has 1 fully saturated rings. The number of halogens is 1. The van der Waals surface area contributed by atoms with Crippen molar-refractivity contribution in [3.8, 4) is 0 Å². The molecular formula is C20H21ClN4O4. The standard InChI is InChI=1S/C20H21ClN4O4/c1-2-19(26)24-11-9-23(10-12-24)18-8-7-14(13-16(18)21)22-20(27)15-5-3-4-6-17(15)25(28)29/h3-8,13H,2,9-12H2,1H3,(H,22,27). The van der Waals surface area contributed by atoms with Gasteiger partial charge in [0.15, 0.2) is 0 Å². The molecule has 2 aromatic rings. The number of rotatable bonds is 5. The summed E-state index contributed by atoms with van der Waals surface area (Å²) in [6, 6.07) is 10.9. The third-order valence-corrected chi connectivity index (χ3v) is 5.13. The first-order valence-corrected chi connectivity index (χ1v) is 9.65. The molecule has 1 heterocycles. The van der Waals surface area contributed by atoms with Gasteiger partial charge in [-0.1, -0.05) is 30.7 Å². The number of carbonyl (C=O) groups is 2. The number of amides is 2. The number of nitro benzene ring substituents is 1. The predicted octanol–water partition coefficient (Wildman–Crippen LogP) is 3.56. The maximum atomic E-state index is 12.5. The highest BCUT2D eigenvalue weighted by atomic mass is 35.5. The lowest BCUT2D eigenvalue weighted by molar-refractivity contribution is -0.385. The topological polar surface area (TPSA) is 95.8 Å². The van der Waals surface area contributed by atoms with Crippen LogP contribution in [0, 0.1) is 10.1 Å². The van der Waals surface area contributed by atoms with Crippen LogP contribution in [0.15, 0.2) is 42.5 Å². The zero-order valence-electron chi connectivity index (χ0n) is 15.9. The summed E-state index contributed by atoms with van der Waals surface area (Å²) in [4.78, 5) is 38.7. The van der Waals surface area contributed by atoms with Crippen LogP contribution in [0.5, 0.6) is 0 Å². The molecule has 8 nitrogen and oxygen atoms in total. The van der Waals surface area contributed by atoms with Crippen molar-refractivity contribution >= 4 is 40.5 Å². The summed E-state index contributed by atoms with van der Waals surface area (Å²) in [5.74, 6) is -0.434. The Balaban J connectivity index is 1.70. The second-order valence-corrected chi connectivity index (χ2v) is 7.02. The summed E-state index contributed by atoms with van der Waals surface area (Å²) in [5.41, 5.74) is 0.988. The molecule has 0 atom stereocenters. The van der Waals surface area contributed by atoms with Crippen LogP contribution in [-0.4, -0.2) is 47.8 Å². The summed E-state index contributed by atoms with van der Waals surface area (Å²) in [5, 5.41) is 14.2. The molecule has 0 saturated carbocycles. The smallest absolute Gasteiger partial charge is 0.282 e. The number of piperazine rings is 1. The molecule has 2 aromatic carbocycles. The average molecular weight is 417 g/mol. The van der Waals surface area contributed by atoms with Gasteiger partial charge < -0.3 is 15.1 Å². The summed E-state index contributed by atoms with van der Waals surface area (Å²) in [6.45, 7) is 4.47. The van der Waals surface area contributed by atoms with Crippen molar-refractivity contribution in [1.82, 2.24) is 4.90 Å². The van der Waals surface area contributed by atoms with Gasteiger partial charge in [0.1, 0.15) is 5.56 Å². The van der Waals surface area contributed by atoms with Gasteiger partial charge in [-0.3, -0.25) is 19.7 Å². The number of nitro groups is 1. The van der Waals surface area contributed by atoms with Crippen molar-refractivity contribution in [2.45, 2.75) is 13.3 Å². The van der Waals surface area contributed by atoms with Crippen molar-refractivity contribution in [2.75, 3.05) is 36.4 Å². The monoisotopic (exact) mass is 416 g/mol. The highest BCUT2D eigenvalue weighted by Crippen LogP contribution is 2.30. The Morgan fingerprint density at radius 2 is 1.83 bits per heavy atom. The van der Waals surface area contributed by atoms with E-state index < -0.39 is 10.8 Å². The third kappa shape index (κ3) is 4.65. The van der Waals surface area contributed by atoms with Crippen molar-refractivity contribution in [3.63, 3.8) is 0 Å². The van der Waals surface area contributed by atoms with E-state index in [1.165, 1.54) is 18.2 Å². The van der Waals surface area contributed by atoms with Crippen molar-refractivity contribution in [2.24, 2.45) is 0 Å². The Kier molecular flexibility index (Phi) is 6.33. The van der Waals surface area contributed by atoms with E-state index in [0.29, 0.717) is 43.3 Å². The molecule has 1 aliphatic heterocycles. The van der Waals surface area contributed by atoms with Gasteiger partial charge in [0, 0.05) is 44.4 Å². The lowest BCUT2D eigenvalue weighted by Crippen LogP contribution is -2.48. The van der Waals surface area contributed by atoms with Crippen LogP contribution in [0.25, 0.3) is 0 Å². The summed E-state index contributed by atoms with van der Waals surface area (Å²) >= 11 is 6.42. The van der Waals surface area contributed by atoms with Gasteiger partial charge in [-0.05, 0) is 24.3 Å². The van der Waals surface area contributed by atoms with Crippen LogP contribution in [0.4, 0.5) is 17.1 Å². The average Bonchev–Trinajstić information content (AvgIpc) is 2.73. The van der Waals surface area contributed by atoms with Gasteiger partial charge in [0.2, 0.25) is 5.91 Å². The second-order valence-electron chi connectivity index (χ2n) is 6.62. The summed E-state index contributed by atoms with van der Waals surface area (Å²) in [7, 11) is 0. The van der Waals surface area contributed by atoms with Crippen LogP contribution in [0.3, 0.4) is 0 Å². The fourth-order valence-electron chi connectivity index (χ4n) is 3.28. The predicted molar refractivity (Wildman–Crippen MR) is 112 cm³/mol. The Labute approximate surface area is 173 Å². The van der Waals surface area contributed by atoms with Crippen LogP contribution >= 0.6 is 11.6 Å². The second kappa shape index (κ2) is 8.91. The summed E-state index contributed by atoms with van der Waals surface area (Å²) < 4.78 is 0. The molecule has 0 aliphatic carbocycles. The molecule has 1 N–H and O–H groups in total. The Hall–Kier alpha value is -3.13. The van der Waals surface area contributed by atoms with E-state index in [4.69, 9.17) is 11.6 Å². The van der Waals surface area contributed by atoms with Crippen molar-refractivity contribution < 1.29 is 14.5 Å². The molecule has 0 bridgehead atoms. The largest absolute Gasteiger partial charge is 0.367 e. The molecule has 0 radical (unpaired) electrons. The SMILES string of the molecule is CCC(=O)N1CCN(c2ccc(NC(=O)c3ccccc3[N+](=O)[O-])cc2Cl)CC1. The van der Waals surface area contributed by atoms with Gasteiger partial charge in [-0.2, -0.15) is 0 Å². The molecule has 2 amide bonds. The maximum absolute atomic E-state index is 12.5. The number of carbonyl (C=O) groups excluding carboxylic acids is 2. The number of para-hydroxylation sites is 1. The molecular weight excluding hydrogens is 396 g/mol. The molecule has 0 spiro atoms. The van der Waals surface area contributed by atoms with E-state index in [0.717, 1.165) is 5.69 Å². The van der Waals surface area contributed by atoms with Gasteiger partial charge in [0.25, 0.3) is 11.6 Å². The Morgan fingerprint density at radius 1 is 1.14 bits per heavy atom. The highest BCUT2D eigenvalue weighted by Gasteiger charge is 2.22. The first-order chi connectivity index (χ1) is 13.9. The van der Waals surface area contributed by atoms with Gasteiger partial charge in [0.05, 0.1) is 15.6 Å². The molecule has 29 heavy (non-hydrogen) atoms. The number of anilines is 2. The third-order valence-electron chi connectivity index (χ3n) is 4.83. The normalized spacial score (nSPS) is 13.9. The fraction of sp³-hybridized carbons (Fsp3) is 0.300. The zero-order valence-corrected chi connectivity index (χ0v) is 16.7. The quantitative estimate of drug-likeness (QED) is 0.593. The van der Waals surface area contributed by atoms with Crippen LogP contribution in [0.2, 0.25) is 5.02 Å². The fourth-order valence-corrected chi connectivity index (χ4v) is 3.58. The zero-order chi connectivity index (χ0) is 21.0. The summed E-state index contributed by atoms with van der Waals surface area (Å²) in [6.07, 6.45) is 0.495. The highest BCUT2D eigenvalue weighted by molar-refractivity contribution is 6.33. The molecule has 152 valence electrons. The van der Waals surface area contributed by atoms with E-state index in [2.05, 4.69) is 10.2 Å². The van der Waals surface area contributed by atoms with Crippen LogP contribution in [0.1, 0.15) is 23.7 Å². The van der Waals surface area contributed by atoms with Crippen molar-refractivity contribution in [3.05, 3.63) is 63.2 Å². The first kappa shape index (κ1) is 20.6. The van der Waals surface area contributed by atoms with Gasteiger partial charge >= 0.3 is 0 Å². The van der Waals surface area contributed by atoms with Gasteiger partial charge in [-0.25, -0.2) is 0 Å². The minimum absolute atomic E-state index is 0.0191. The number of hydrogen-bond acceptors (Lipinski definition) is 5. The van der Waals surface area contributed by atoms with Crippen LogP contribution in [-0.2, 0) is 4.79 Å². The number of nitrogens with zero attached hydrogens (tertiary/aromatic N) is 3. The molecule has 1 aliphatic rings. The molecule has 0 aromatic heterocycles. The van der Waals surface area contributed by atoms with Crippen molar-refractivity contribution in [1.29, 1.82) is 0 Å². The Bertz CT molecular complexity index is 942. The van der Waals surface area contributed by atoms with E-state index in [9.17, 15) is 19.7 Å². The number of nitrogens with one attached hydrogen (secondary N) is 1. The van der Waals surface area contributed by atoms with E-state index in [-0.39, 0.29) is 17.2 Å². The van der Waals surface area contributed by atoms with Gasteiger partial charge in [-0.15, -0.1) is 0 Å². The molecule has 3 rings (SSSR count). The van der Waals surface area contributed by atoms with E-state index in [1.807, 2.05) is 11.8 Å². The molecule has 1 saturated heterocycles. The molecule has 0 unspecified atom stereocenters. The first-order valence-electron chi connectivity index (χ1n) is 9.27. The minimum Gasteiger partial charge on any atom is -0.367 e.